The number of methoxy groups -OCH3 is 1. The molecule has 1 amide bonds. The van der Waals surface area contributed by atoms with Crippen LogP contribution >= 0.6 is 0 Å². The third kappa shape index (κ3) is 4.33. The molecule has 32 heavy (non-hydrogen) atoms. The third-order valence-corrected chi connectivity index (χ3v) is 6.05. The van der Waals surface area contributed by atoms with Crippen LogP contribution in [0.5, 0.6) is 5.75 Å². The molecule has 1 heterocycles. The average molecular weight is 438 g/mol. The third-order valence-electron chi connectivity index (χ3n) is 6.05. The van der Waals surface area contributed by atoms with Gasteiger partial charge in [-0.05, 0) is 36.6 Å². The summed E-state index contributed by atoms with van der Waals surface area (Å²) in [4.78, 5) is 15.3. The number of hydrogen-bond donors (Lipinski definition) is 1. The van der Waals surface area contributed by atoms with E-state index >= 15 is 0 Å². The highest BCUT2D eigenvalue weighted by molar-refractivity contribution is 6.04. The highest BCUT2D eigenvalue weighted by Crippen LogP contribution is 2.36. The van der Waals surface area contributed by atoms with Crippen molar-refractivity contribution in [1.29, 1.82) is 0 Å². The Labute approximate surface area is 187 Å². The molecule has 0 radical (unpaired) electrons. The van der Waals surface area contributed by atoms with E-state index in [2.05, 4.69) is 22.6 Å². The lowest BCUT2D eigenvalue weighted by molar-refractivity contribution is 0.0921. The van der Waals surface area contributed by atoms with Gasteiger partial charge < -0.3 is 19.5 Å². The molecule has 1 fully saturated rings. The molecule has 0 spiro atoms. The predicted molar refractivity (Wildman–Crippen MR) is 122 cm³/mol. The van der Waals surface area contributed by atoms with E-state index < -0.39 is 5.82 Å². The summed E-state index contributed by atoms with van der Waals surface area (Å²) in [6.07, 6.45) is 4.15. The Morgan fingerprint density at radius 3 is 2.62 bits per heavy atom. The second kappa shape index (κ2) is 9.42. The van der Waals surface area contributed by atoms with Crippen LogP contribution in [0.25, 0.3) is 11.3 Å². The van der Waals surface area contributed by atoms with Gasteiger partial charge in [0.1, 0.15) is 5.56 Å². The first kappa shape index (κ1) is 21.9. The Kier molecular flexibility index (Phi) is 6.44. The SMILES string of the molecule is COc1cc(-c2onc(N(C)C)c2C(=O)N[C@@H]2CCCC[C@H]2c2ccccc2)ccc1F. The van der Waals surface area contributed by atoms with E-state index in [-0.39, 0.29) is 29.4 Å². The molecule has 1 aliphatic rings. The summed E-state index contributed by atoms with van der Waals surface area (Å²) in [6.45, 7) is 0. The highest BCUT2D eigenvalue weighted by atomic mass is 19.1. The minimum atomic E-state index is -0.484. The van der Waals surface area contributed by atoms with Crippen LogP contribution in [-0.4, -0.2) is 38.3 Å². The second-order valence-electron chi connectivity index (χ2n) is 8.34. The minimum absolute atomic E-state index is 0.0131. The van der Waals surface area contributed by atoms with E-state index in [0.717, 1.165) is 25.7 Å². The number of hydrogen-bond acceptors (Lipinski definition) is 5. The van der Waals surface area contributed by atoms with E-state index in [4.69, 9.17) is 9.26 Å². The zero-order valence-corrected chi connectivity index (χ0v) is 18.6. The lowest BCUT2D eigenvalue weighted by Gasteiger charge is -2.32. The second-order valence-corrected chi connectivity index (χ2v) is 8.34. The fraction of sp³-hybridized carbons (Fsp3) is 0.360. The Bertz CT molecular complexity index is 1080. The van der Waals surface area contributed by atoms with Gasteiger partial charge in [0.2, 0.25) is 0 Å². The first-order chi connectivity index (χ1) is 15.5. The number of benzene rings is 2. The molecular weight excluding hydrogens is 409 g/mol. The van der Waals surface area contributed by atoms with E-state index in [1.54, 1.807) is 25.1 Å². The molecule has 0 aliphatic heterocycles. The Morgan fingerprint density at radius 2 is 1.91 bits per heavy atom. The van der Waals surface area contributed by atoms with Crippen molar-refractivity contribution in [2.75, 3.05) is 26.1 Å². The van der Waals surface area contributed by atoms with Crippen molar-refractivity contribution in [2.45, 2.75) is 37.6 Å². The molecule has 6 nitrogen and oxygen atoms in total. The maximum Gasteiger partial charge on any atom is 0.259 e. The molecule has 168 valence electrons. The van der Waals surface area contributed by atoms with Crippen molar-refractivity contribution < 1.29 is 18.4 Å². The first-order valence-electron chi connectivity index (χ1n) is 10.9. The normalized spacial score (nSPS) is 18.2. The molecule has 3 aromatic rings. The largest absolute Gasteiger partial charge is 0.494 e. The number of ether oxygens (including phenoxy) is 1. The number of rotatable bonds is 6. The van der Waals surface area contributed by atoms with Gasteiger partial charge >= 0.3 is 0 Å². The zero-order chi connectivity index (χ0) is 22.7. The number of carbonyl (C=O) groups excluding carboxylic acids is 1. The first-order valence-corrected chi connectivity index (χ1v) is 10.9. The van der Waals surface area contributed by atoms with Crippen LogP contribution in [-0.2, 0) is 0 Å². The van der Waals surface area contributed by atoms with Crippen LogP contribution in [0.15, 0.2) is 53.1 Å². The van der Waals surface area contributed by atoms with Crippen molar-refractivity contribution in [1.82, 2.24) is 10.5 Å². The van der Waals surface area contributed by atoms with Gasteiger partial charge in [0.25, 0.3) is 5.91 Å². The minimum Gasteiger partial charge on any atom is -0.494 e. The number of nitrogens with one attached hydrogen (secondary N) is 1. The van der Waals surface area contributed by atoms with Crippen LogP contribution < -0.4 is 15.0 Å². The number of amides is 1. The quantitative estimate of drug-likeness (QED) is 0.587. The molecule has 2 aromatic carbocycles. The van der Waals surface area contributed by atoms with Gasteiger partial charge in [-0.3, -0.25) is 4.79 Å². The van der Waals surface area contributed by atoms with Crippen LogP contribution in [0.2, 0.25) is 0 Å². The van der Waals surface area contributed by atoms with E-state index in [9.17, 15) is 9.18 Å². The van der Waals surface area contributed by atoms with Crippen molar-refractivity contribution in [3.63, 3.8) is 0 Å². The van der Waals surface area contributed by atoms with E-state index in [1.165, 1.54) is 24.8 Å². The lowest BCUT2D eigenvalue weighted by atomic mass is 9.80. The van der Waals surface area contributed by atoms with Crippen LogP contribution in [0, 0.1) is 5.82 Å². The van der Waals surface area contributed by atoms with E-state index in [0.29, 0.717) is 16.9 Å². The van der Waals surface area contributed by atoms with Crippen LogP contribution in [0.3, 0.4) is 0 Å². The molecule has 0 saturated heterocycles. The lowest BCUT2D eigenvalue weighted by Crippen LogP contribution is -2.41. The van der Waals surface area contributed by atoms with Gasteiger partial charge in [-0.25, -0.2) is 4.39 Å². The monoisotopic (exact) mass is 437 g/mol. The van der Waals surface area contributed by atoms with Crippen molar-refractivity contribution in [3.05, 3.63) is 65.5 Å². The molecular formula is C25H28FN3O3. The summed E-state index contributed by atoms with van der Waals surface area (Å²) in [6, 6.07) is 14.7. The highest BCUT2D eigenvalue weighted by Gasteiger charge is 2.32. The summed E-state index contributed by atoms with van der Waals surface area (Å²) >= 11 is 0. The molecule has 0 bridgehead atoms. The van der Waals surface area contributed by atoms with Crippen molar-refractivity contribution >= 4 is 11.7 Å². The van der Waals surface area contributed by atoms with Crippen LogP contribution in [0.4, 0.5) is 10.2 Å². The molecule has 2 atom stereocenters. The Morgan fingerprint density at radius 1 is 1.16 bits per heavy atom. The van der Waals surface area contributed by atoms with Gasteiger partial charge in [0, 0.05) is 31.6 Å². The average Bonchev–Trinajstić information content (AvgIpc) is 3.26. The number of nitrogens with zero attached hydrogens (tertiary/aromatic N) is 2. The summed E-state index contributed by atoms with van der Waals surface area (Å²) in [7, 11) is 5.00. The number of anilines is 1. The molecule has 1 aliphatic carbocycles. The molecule has 0 unspecified atom stereocenters. The van der Waals surface area contributed by atoms with Crippen molar-refractivity contribution in [2.24, 2.45) is 0 Å². The van der Waals surface area contributed by atoms with E-state index in [1.807, 2.05) is 18.2 Å². The number of aromatic nitrogens is 1. The molecule has 4 rings (SSSR count). The fourth-order valence-corrected chi connectivity index (χ4v) is 4.43. The smallest absolute Gasteiger partial charge is 0.259 e. The summed E-state index contributed by atoms with van der Waals surface area (Å²) in [5.74, 6) is 0.312. The number of carbonyl (C=O) groups is 1. The standard InChI is InChI=1S/C25H28FN3O3/c1-29(2)24-22(23(32-28-24)17-13-14-19(26)21(15-17)31-3)25(30)27-20-12-8-7-11-18(20)16-9-5-4-6-10-16/h4-6,9-10,13-15,18,20H,7-8,11-12H2,1-3H3,(H,27,30)/t18-,20+/m0/s1. The van der Waals surface area contributed by atoms with Gasteiger partial charge in [-0.2, -0.15) is 0 Å². The maximum absolute atomic E-state index is 13.9. The Balaban J connectivity index is 1.68. The summed E-state index contributed by atoms with van der Waals surface area (Å²) in [5, 5.41) is 7.36. The zero-order valence-electron chi connectivity index (χ0n) is 18.6. The van der Waals surface area contributed by atoms with Gasteiger partial charge in [-0.15, -0.1) is 0 Å². The fourth-order valence-electron chi connectivity index (χ4n) is 4.43. The summed E-state index contributed by atoms with van der Waals surface area (Å²) in [5.41, 5.74) is 2.09. The number of halogens is 1. The van der Waals surface area contributed by atoms with Gasteiger partial charge in [0.15, 0.2) is 23.1 Å². The molecule has 7 heteroatoms. The van der Waals surface area contributed by atoms with Gasteiger partial charge in [0.05, 0.1) is 7.11 Å². The van der Waals surface area contributed by atoms with Crippen molar-refractivity contribution in [3.8, 4) is 17.1 Å². The maximum atomic E-state index is 13.9. The topological polar surface area (TPSA) is 67.6 Å². The summed E-state index contributed by atoms with van der Waals surface area (Å²) < 4.78 is 24.6. The predicted octanol–water partition coefficient (Wildman–Crippen LogP) is 5.01. The molecule has 1 aromatic heterocycles. The molecule has 1 N–H and O–H groups in total. The Hall–Kier alpha value is -3.35. The van der Waals surface area contributed by atoms with Crippen LogP contribution in [0.1, 0.15) is 47.5 Å². The molecule has 1 saturated carbocycles. The van der Waals surface area contributed by atoms with Gasteiger partial charge in [-0.1, -0.05) is 48.3 Å².